The van der Waals surface area contributed by atoms with E-state index in [4.69, 9.17) is 0 Å². The van der Waals surface area contributed by atoms with Gasteiger partial charge in [0.15, 0.2) is 0 Å². The fraction of sp³-hybridized carbons (Fsp3) is 1.00. The van der Waals surface area contributed by atoms with Crippen molar-refractivity contribution in [1.82, 2.24) is 10.2 Å². The van der Waals surface area contributed by atoms with Gasteiger partial charge in [-0.2, -0.15) is 0 Å². The summed E-state index contributed by atoms with van der Waals surface area (Å²) < 4.78 is 0. The lowest BCUT2D eigenvalue weighted by Crippen LogP contribution is -2.71. The average Bonchev–Trinajstić information content (AvgIpc) is 2.99. The van der Waals surface area contributed by atoms with Crippen molar-refractivity contribution in [3.05, 3.63) is 0 Å². The zero-order chi connectivity index (χ0) is 14.1. The molecule has 2 heteroatoms. The topological polar surface area (TPSA) is 15.3 Å². The number of nitrogens with one attached hydrogen (secondary N) is 1. The van der Waals surface area contributed by atoms with Crippen molar-refractivity contribution in [2.75, 3.05) is 13.1 Å². The normalized spacial score (nSPS) is 30.9. The molecule has 0 radical (unpaired) electrons. The van der Waals surface area contributed by atoms with E-state index < -0.39 is 0 Å². The van der Waals surface area contributed by atoms with Crippen LogP contribution in [-0.4, -0.2) is 35.1 Å². The Balaban J connectivity index is 1.81. The maximum atomic E-state index is 3.99. The predicted molar refractivity (Wildman–Crippen MR) is 86.1 cm³/mol. The van der Waals surface area contributed by atoms with E-state index in [9.17, 15) is 0 Å². The van der Waals surface area contributed by atoms with Crippen LogP contribution in [0.4, 0.5) is 0 Å². The number of piperazine rings is 1. The third-order valence-corrected chi connectivity index (χ3v) is 6.78. The second-order valence-corrected chi connectivity index (χ2v) is 7.69. The summed E-state index contributed by atoms with van der Waals surface area (Å²) in [5.41, 5.74) is 0.918. The minimum atomic E-state index is 0.394. The molecule has 20 heavy (non-hydrogen) atoms. The van der Waals surface area contributed by atoms with Crippen LogP contribution < -0.4 is 5.32 Å². The summed E-state index contributed by atoms with van der Waals surface area (Å²) in [5.74, 6) is 0. The number of hydrogen-bond donors (Lipinski definition) is 1. The monoisotopic (exact) mass is 278 g/mol. The molecule has 1 saturated heterocycles. The molecule has 2 saturated carbocycles. The molecule has 0 amide bonds. The molecular formula is C18H34N2. The number of hydrogen-bond acceptors (Lipinski definition) is 2. The smallest absolute Gasteiger partial charge is 0.0337 e. The highest BCUT2D eigenvalue weighted by Gasteiger charge is 2.49. The lowest BCUT2D eigenvalue weighted by atomic mass is 9.79. The summed E-state index contributed by atoms with van der Waals surface area (Å²) in [6, 6.07) is 0.890. The highest BCUT2D eigenvalue weighted by Crippen LogP contribution is 2.43. The summed E-state index contributed by atoms with van der Waals surface area (Å²) in [6.45, 7) is 7.32. The standard InChI is InChI=1S/C18H34N2/c1-3-17(4-2)15-20(16-10-6-5-7-11-16)18(14-19-17)12-8-9-13-18/h16,19H,3-15H2,1-2H3. The summed E-state index contributed by atoms with van der Waals surface area (Å²) in [5, 5.41) is 3.99. The highest BCUT2D eigenvalue weighted by atomic mass is 15.3. The van der Waals surface area contributed by atoms with E-state index >= 15 is 0 Å². The Labute approximate surface area is 125 Å². The Morgan fingerprint density at radius 1 is 0.950 bits per heavy atom. The fourth-order valence-electron chi connectivity index (χ4n) is 5.13. The van der Waals surface area contributed by atoms with Crippen LogP contribution in [-0.2, 0) is 0 Å². The van der Waals surface area contributed by atoms with Crippen molar-refractivity contribution in [2.24, 2.45) is 0 Å². The Kier molecular flexibility index (Phi) is 4.42. The van der Waals surface area contributed by atoms with Gasteiger partial charge in [-0.3, -0.25) is 4.90 Å². The molecule has 0 bridgehead atoms. The van der Waals surface area contributed by atoms with Crippen molar-refractivity contribution in [2.45, 2.75) is 102 Å². The van der Waals surface area contributed by atoms with Crippen LogP contribution >= 0.6 is 0 Å². The number of nitrogens with zero attached hydrogens (tertiary/aromatic N) is 1. The van der Waals surface area contributed by atoms with Gasteiger partial charge in [0.05, 0.1) is 0 Å². The Bertz CT molecular complexity index is 309. The summed E-state index contributed by atoms with van der Waals surface area (Å²) >= 11 is 0. The molecule has 3 rings (SSSR count). The lowest BCUT2D eigenvalue weighted by molar-refractivity contribution is -0.0372. The fourth-order valence-corrected chi connectivity index (χ4v) is 5.13. The first kappa shape index (κ1) is 14.8. The largest absolute Gasteiger partial charge is 0.308 e. The molecule has 3 aliphatic rings. The molecule has 0 aromatic rings. The van der Waals surface area contributed by atoms with Crippen LogP contribution in [0.15, 0.2) is 0 Å². The van der Waals surface area contributed by atoms with Crippen LogP contribution in [0.1, 0.15) is 84.5 Å². The van der Waals surface area contributed by atoms with E-state index in [2.05, 4.69) is 24.1 Å². The minimum Gasteiger partial charge on any atom is -0.308 e. The van der Waals surface area contributed by atoms with E-state index in [0.717, 1.165) is 6.04 Å². The summed E-state index contributed by atoms with van der Waals surface area (Å²) in [7, 11) is 0. The second-order valence-electron chi connectivity index (χ2n) is 7.69. The molecule has 0 aromatic carbocycles. The van der Waals surface area contributed by atoms with Crippen LogP contribution in [0.25, 0.3) is 0 Å². The number of rotatable bonds is 3. The van der Waals surface area contributed by atoms with E-state index in [1.165, 1.54) is 83.7 Å². The van der Waals surface area contributed by atoms with Crippen molar-refractivity contribution in [3.8, 4) is 0 Å². The van der Waals surface area contributed by atoms with E-state index in [1.807, 2.05) is 0 Å². The SMILES string of the molecule is CCC1(CC)CN(C2CCCCC2)C2(CCCC2)CN1. The van der Waals surface area contributed by atoms with Gasteiger partial charge in [-0.15, -0.1) is 0 Å². The maximum Gasteiger partial charge on any atom is 0.0337 e. The van der Waals surface area contributed by atoms with Crippen molar-refractivity contribution < 1.29 is 0 Å². The van der Waals surface area contributed by atoms with Crippen LogP contribution in [0, 0.1) is 0 Å². The van der Waals surface area contributed by atoms with Gasteiger partial charge in [0.2, 0.25) is 0 Å². The van der Waals surface area contributed by atoms with Gasteiger partial charge >= 0.3 is 0 Å². The third-order valence-electron chi connectivity index (χ3n) is 6.78. The molecule has 2 aliphatic carbocycles. The van der Waals surface area contributed by atoms with Crippen molar-refractivity contribution in [1.29, 1.82) is 0 Å². The first-order chi connectivity index (χ1) is 9.74. The summed E-state index contributed by atoms with van der Waals surface area (Å²) in [4.78, 5) is 3.02. The Hall–Kier alpha value is -0.0800. The van der Waals surface area contributed by atoms with Gasteiger partial charge in [0.1, 0.15) is 0 Å². The highest BCUT2D eigenvalue weighted by molar-refractivity contribution is 5.08. The molecule has 1 spiro atoms. The maximum absolute atomic E-state index is 3.99. The molecule has 1 heterocycles. The molecule has 116 valence electrons. The first-order valence-corrected chi connectivity index (χ1v) is 9.25. The Morgan fingerprint density at radius 2 is 1.60 bits per heavy atom. The molecular weight excluding hydrogens is 244 g/mol. The van der Waals surface area contributed by atoms with Crippen LogP contribution in [0.3, 0.4) is 0 Å². The van der Waals surface area contributed by atoms with E-state index in [0.29, 0.717) is 11.1 Å². The van der Waals surface area contributed by atoms with Gasteiger partial charge < -0.3 is 5.32 Å². The Morgan fingerprint density at radius 3 is 2.20 bits per heavy atom. The lowest BCUT2D eigenvalue weighted by Gasteiger charge is -2.56. The van der Waals surface area contributed by atoms with Crippen molar-refractivity contribution >= 4 is 0 Å². The van der Waals surface area contributed by atoms with Crippen molar-refractivity contribution in [3.63, 3.8) is 0 Å². The quantitative estimate of drug-likeness (QED) is 0.836. The predicted octanol–water partition coefficient (Wildman–Crippen LogP) is 4.10. The van der Waals surface area contributed by atoms with E-state index in [1.54, 1.807) is 0 Å². The first-order valence-electron chi connectivity index (χ1n) is 9.25. The zero-order valence-electron chi connectivity index (χ0n) is 13.7. The molecule has 1 N–H and O–H groups in total. The molecule has 1 aliphatic heterocycles. The third kappa shape index (κ3) is 2.54. The van der Waals surface area contributed by atoms with Gasteiger partial charge in [0, 0.05) is 30.2 Å². The van der Waals surface area contributed by atoms with E-state index in [-0.39, 0.29) is 0 Å². The van der Waals surface area contributed by atoms with Gasteiger partial charge in [-0.05, 0) is 38.5 Å². The molecule has 0 atom stereocenters. The summed E-state index contributed by atoms with van der Waals surface area (Å²) in [6.07, 6.45) is 15.7. The molecule has 0 unspecified atom stereocenters. The minimum absolute atomic E-state index is 0.394. The average molecular weight is 278 g/mol. The van der Waals surface area contributed by atoms with Crippen LogP contribution in [0.2, 0.25) is 0 Å². The van der Waals surface area contributed by atoms with Gasteiger partial charge in [-0.25, -0.2) is 0 Å². The van der Waals surface area contributed by atoms with Gasteiger partial charge in [0.25, 0.3) is 0 Å². The molecule has 3 fully saturated rings. The second kappa shape index (κ2) is 5.96. The van der Waals surface area contributed by atoms with Gasteiger partial charge in [-0.1, -0.05) is 46.0 Å². The zero-order valence-corrected chi connectivity index (χ0v) is 13.7. The van der Waals surface area contributed by atoms with Crippen LogP contribution in [0.5, 0.6) is 0 Å². The molecule has 0 aromatic heterocycles. The molecule has 2 nitrogen and oxygen atoms in total.